The van der Waals surface area contributed by atoms with Crippen LogP contribution in [0, 0.1) is 17.7 Å². The maximum atomic E-state index is 13.3. The Bertz CT molecular complexity index is 563. The molecular weight excluding hydrogens is 239 g/mol. The van der Waals surface area contributed by atoms with E-state index < -0.39 is 22.9 Å². The summed E-state index contributed by atoms with van der Waals surface area (Å²) in [7, 11) is 0. The van der Waals surface area contributed by atoms with Gasteiger partial charge in [0.2, 0.25) is 11.7 Å². The van der Waals surface area contributed by atoms with Gasteiger partial charge in [-0.3, -0.25) is 14.3 Å². The van der Waals surface area contributed by atoms with Gasteiger partial charge in [0, 0.05) is 6.04 Å². The van der Waals surface area contributed by atoms with Crippen LogP contribution in [0.25, 0.3) is 0 Å². The number of aromatic amines is 1. The molecule has 3 unspecified atom stereocenters. The molecule has 1 aliphatic carbocycles. The van der Waals surface area contributed by atoms with Crippen LogP contribution in [0.4, 0.5) is 4.39 Å². The van der Waals surface area contributed by atoms with E-state index >= 15 is 0 Å². The van der Waals surface area contributed by atoms with Crippen LogP contribution in [-0.4, -0.2) is 14.7 Å². The van der Waals surface area contributed by atoms with Gasteiger partial charge in [-0.1, -0.05) is 13.8 Å². The molecule has 5 nitrogen and oxygen atoms in total. The van der Waals surface area contributed by atoms with Gasteiger partial charge in [0.05, 0.1) is 0 Å². The predicted octanol–water partition coefficient (Wildman–Crippen LogP) is 1.38. The van der Waals surface area contributed by atoms with Crippen LogP contribution in [0.3, 0.4) is 0 Å². The molecule has 0 bridgehead atoms. The van der Waals surface area contributed by atoms with Crippen molar-refractivity contribution >= 4 is 0 Å². The summed E-state index contributed by atoms with van der Waals surface area (Å²) in [6, 6.07) is -0.255. The quantitative estimate of drug-likeness (QED) is 0.797. The Hall–Kier alpha value is -1.59. The Kier molecular flexibility index (Phi) is 3.28. The number of H-pyrrole nitrogens is 1. The number of aromatic nitrogens is 2. The molecule has 0 radical (unpaired) electrons. The fraction of sp³-hybridized carbons (Fsp3) is 0.667. The van der Waals surface area contributed by atoms with E-state index in [1.807, 2.05) is 4.98 Å². The van der Waals surface area contributed by atoms with Crippen molar-refractivity contribution in [3.05, 3.63) is 26.7 Å². The number of aromatic hydroxyl groups is 1. The van der Waals surface area contributed by atoms with E-state index in [4.69, 9.17) is 0 Å². The summed E-state index contributed by atoms with van der Waals surface area (Å²) in [6.45, 7) is 4.21. The first kappa shape index (κ1) is 12.9. The Morgan fingerprint density at radius 1 is 1.28 bits per heavy atom. The highest BCUT2D eigenvalue weighted by atomic mass is 19.1. The van der Waals surface area contributed by atoms with Gasteiger partial charge in [-0.05, 0) is 31.1 Å². The van der Waals surface area contributed by atoms with E-state index in [-0.39, 0.29) is 6.04 Å². The molecule has 1 aromatic heterocycles. The van der Waals surface area contributed by atoms with E-state index in [0.29, 0.717) is 24.7 Å². The zero-order chi connectivity index (χ0) is 13.4. The van der Waals surface area contributed by atoms with Crippen LogP contribution < -0.4 is 11.2 Å². The summed E-state index contributed by atoms with van der Waals surface area (Å²) in [5.74, 6) is -1.20. The van der Waals surface area contributed by atoms with Crippen LogP contribution in [0.2, 0.25) is 0 Å². The third-order valence-corrected chi connectivity index (χ3v) is 4.00. The number of hydrogen-bond acceptors (Lipinski definition) is 3. The fourth-order valence-electron chi connectivity index (χ4n) is 2.61. The molecule has 0 aromatic carbocycles. The molecule has 2 rings (SSSR count). The minimum Gasteiger partial charge on any atom is -0.492 e. The molecule has 6 heteroatoms. The molecule has 1 aromatic rings. The first-order chi connectivity index (χ1) is 8.41. The average molecular weight is 256 g/mol. The van der Waals surface area contributed by atoms with E-state index in [9.17, 15) is 19.1 Å². The summed E-state index contributed by atoms with van der Waals surface area (Å²) >= 11 is 0. The molecule has 18 heavy (non-hydrogen) atoms. The summed E-state index contributed by atoms with van der Waals surface area (Å²) in [5.41, 5.74) is -1.92. The molecule has 3 atom stereocenters. The van der Waals surface area contributed by atoms with Gasteiger partial charge in [-0.2, -0.15) is 4.39 Å². The monoisotopic (exact) mass is 256 g/mol. The number of rotatable bonds is 1. The molecule has 1 aliphatic rings. The topological polar surface area (TPSA) is 75.1 Å². The lowest BCUT2D eigenvalue weighted by atomic mass is 9.79. The lowest BCUT2D eigenvalue weighted by Crippen LogP contribution is -2.36. The van der Waals surface area contributed by atoms with E-state index in [1.165, 1.54) is 0 Å². The Morgan fingerprint density at radius 2 is 1.94 bits per heavy atom. The maximum Gasteiger partial charge on any atom is 0.331 e. The normalized spacial score (nSPS) is 28.3. The predicted molar refractivity (Wildman–Crippen MR) is 64.2 cm³/mol. The van der Waals surface area contributed by atoms with Crippen molar-refractivity contribution in [3.8, 4) is 5.88 Å². The van der Waals surface area contributed by atoms with Gasteiger partial charge in [-0.25, -0.2) is 4.79 Å². The second-order valence-electron chi connectivity index (χ2n) is 5.19. The van der Waals surface area contributed by atoms with Gasteiger partial charge in [-0.15, -0.1) is 0 Å². The molecule has 2 N–H and O–H groups in total. The second-order valence-corrected chi connectivity index (χ2v) is 5.19. The molecule has 0 aliphatic heterocycles. The maximum absolute atomic E-state index is 13.3. The van der Waals surface area contributed by atoms with Gasteiger partial charge < -0.3 is 5.11 Å². The molecule has 0 saturated heterocycles. The van der Waals surface area contributed by atoms with Gasteiger partial charge in [0.1, 0.15) is 0 Å². The first-order valence-electron chi connectivity index (χ1n) is 6.15. The summed E-state index contributed by atoms with van der Waals surface area (Å²) < 4.78 is 14.3. The number of nitrogens with zero attached hydrogens (tertiary/aromatic N) is 1. The van der Waals surface area contributed by atoms with Crippen LogP contribution >= 0.6 is 0 Å². The summed E-state index contributed by atoms with van der Waals surface area (Å²) in [5, 5.41) is 9.63. The molecule has 1 heterocycles. The third-order valence-electron chi connectivity index (χ3n) is 4.00. The highest BCUT2D eigenvalue weighted by Crippen LogP contribution is 2.36. The fourth-order valence-corrected chi connectivity index (χ4v) is 2.61. The van der Waals surface area contributed by atoms with Crippen LogP contribution in [-0.2, 0) is 0 Å². The number of hydrogen-bond donors (Lipinski definition) is 2. The third kappa shape index (κ3) is 2.07. The van der Waals surface area contributed by atoms with Gasteiger partial charge in [0.15, 0.2) is 0 Å². The van der Waals surface area contributed by atoms with Crippen molar-refractivity contribution < 1.29 is 9.50 Å². The van der Waals surface area contributed by atoms with Crippen molar-refractivity contribution in [1.82, 2.24) is 9.55 Å². The van der Waals surface area contributed by atoms with Crippen molar-refractivity contribution in [1.29, 1.82) is 0 Å². The minimum atomic E-state index is -1.29. The lowest BCUT2D eigenvalue weighted by Gasteiger charge is -2.33. The van der Waals surface area contributed by atoms with Crippen molar-refractivity contribution in [2.75, 3.05) is 0 Å². The molecule has 0 spiro atoms. The van der Waals surface area contributed by atoms with Crippen LogP contribution in [0.5, 0.6) is 5.88 Å². The first-order valence-corrected chi connectivity index (χ1v) is 6.15. The van der Waals surface area contributed by atoms with E-state index in [0.717, 1.165) is 11.0 Å². The SMILES string of the molecule is CC1CCC(n2c(O)c(F)c(=O)[nH]c2=O)CC1C. The van der Waals surface area contributed by atoms with Gasteiger partial charge in [0.25, 0.3) is 5.56 Å². The minimum absolute atomic E-state index is 0.255. The van der Waals surface area contributed by atoms with E-state index in [2.05, 4.69) is 13.8 Å². The zero-order valence-corrected chi connectivity index (χ0v) is 10.4. The van der Waals surface area contributed by atoms with Crippen LogP contribution in [0.1, 0.15) is 39.2 Å². The second kappa shape index (κ2) is 4.59. The zero-order valence-electron chi connectivity index (χ0n) is 10.4. The molecule has 100 valence electrons. The molecule has 1 saturated carbocycles. The van der Waals surface area contributed by atoms with Gasteiger partial charge >= 0.3 is 5.69 Å². The lowest BCUT2D eigenvalue weighted by molar-refractivity contribution is 0.192. The summed E-state index contributed by atoms with van der Waals surface area (Å²) in [4.78, 5) is 24.6. The summed E-state index contributed by atoms with van der Waals surface area (Å²) in [6.07, 6.45) is 2.31. The van der Waals surface area contributed by atoms with Crippen LogP contribution in [0.15, 0.2) is 9.59 Å². The Balaban J connectivity index is 2.43. The molecular formula is C12H17FN2O3. The number of nitrogens with one attached hydrogen (secondary N) is 1. The standard InChI is InChI=1S/C12H17FN2O3/c1-6-3-4-8(5-7(6)2)15-11(17)9(13)10(16)14-12(15)18/h6-8,17H,3-5H2,1-2H3,(H,14,16,18). The molecule has 1 fully saturated rings. The Labute approximate surface area is 103 Å². The Morgan fingerprint density at radius 3 is 2.56 bits per heavy atom. The smallest absolute Gasteiger partial charge is 0.331 e. The van der Waals surface area contributed by atoms with Crippen molar-refractivity contribution in [2.45, 2.75) is 39.2 Å². The molecule has 0 amide bonds. The van der Waals surface area contributed by atoms with Crippen molar-refractivity contribution in [2.24, 2.45) is 11.8 Å². The van der Waals surface area contributed by atoms with Crippen molar-refractivity contribution in [3.63, 3.8) is 0 Å². The average Bonchev–Trinajstić information content (AvgIpc) is 2.31. The largest absolute Gasteiger partial charge is 0.492 e. The van der Waals surface area contributed by atoms with E-state index in [1.54, 1.807) is 0 Å². The highest BCUT2D eigenvalue weighted by molar-refractivity contribution is 5.11. The number of halogens is 1. The highest BCUT2D eigenvalue weighted by Gasteiger charge is 2.29.